The predicted octanol–water partition coefficient (Wildman–Crippen LogP) is 5.75. The van der Waals surface area contributed by atoms with Gasteiger partial charge in [0, 0.05) is 31.1 Å². The first-order chi connectivity index (χ1) is 18.6. The summed E-state index contributed by atoms with van der Waals surface area (Å²) >= 11 is 2.15. The standard InChI is InChI=1S/C30H36N4O3.CH3I/c1-5-34(32)27-11-10-25(20(4)29(27)31)26(16-28(35)36)22-9-8-21-12-13-33(17-24(21)15-22)30(37)23-7-6-18(2)19(3)14-23;1-2/h6-11,14-15,26H,5,12-13,16-17,31-32H2,1-4H3,(H,35,36);1H3. The molecule has 1 amide bonds. The Balaban J connectivity index is 0.00000205. The number of nitrogens with two attached hydrogens (primary N) is 2. The Kier molecular flexibility index (Phi) is 10.4. The minimum Gasteiger partial charge on any atom is -0.481 e. The fourth-order valence-corrected chi connectivity index (χ4v) is 5.14. The summed E-state index contributed by atoms with van der Waals surface area (Å²) < 4.78 is 0. The van der Waals surface area contributed by atoms with Crippen molar-refractivity contribution in [3.63, 3.8) is 0 Å². The van der Waals surface area contributed by atoms with Crippen molar-refractivity contribution in [1.82, 2.24) is 4.90 Å². The van der Waals surface area contributed by atoms with E-state index in [1.165, 1.54) is 5.56 Å². The fourth-order valence-electron chi connectivity index (χ4n) is 5.14. The van der Waals surface area contributed by atoms with Crippen LogP contribution in [0.2, 0.25) is 0 Å². The number of hydrazine groups is 1. The number of fused-ring (bicyclic) bond motifs is 1. The van der Waals surface area contributed by atoms with E-state index in [0.29, 0.717) is 30.9 Å². The largest absolute Gasteiger partial charge is 0.481 e. The van der Waals surface area contributed by atoms with E-state index in [1.54, 1.807) is 5.01 Å². The summed E-state index contributed by atoms with van der Waals surface area (Å²) in [4.78, 5) is 29.0. The van der Waals surface area contributed by atoms with Crippen LogP contribution in [0.25, 0.3) is 0 Å². The number of rotatable bonds is 7. The Morgan fingerprint density at radius 1 is 1.03 bits per heavy atom. The number of carbonyl (C=O) groups is 2. The van der Waals surface area contributed by atoms with E-state index < -0.39 is 5.97 Å². The third kappa shape index (κ3) is 6.73. The molecule has 0 saturated carbocycles. The highest BCUT2D eigenvalue weighted by Crippen LogP contribution is 2.37. The van der Waals surface area contributed by atoms with E-state index in [9.17, 15) is 14.7 Å². The number of carbonyl (C=O) groups excluding carboxylic acids is 1. The van der Waals surface area contributed by atoms with Gasteiger partial charge >= 0.3 is 5.97 Å². The topological polar surface area (TPSA) is 113 Å². The zero-order valence-electron chi connectivity index (χ0n) is 23.4. The molecule has 3 aromatic rings. The Morgan fingerprint density at radius 3 is 2.38 bits per heavy atom. The number of aliphatic carboxylic acids is 1. The van der Waals surface area contributed by atoms with Gasteiger partial charge in [-0.2, -0.15) is 0 Å². The van der Waals surface area contributed by atoms with Crippen molar-refractivity contribution in [2.75, 3.05) is 28.8 Å². The van der Waals surface area contributed by atoms with Crippen LogP contribution in [0, 0.1) is 20.8 Å². The number of halogens is 1. The van der Waals surface area contributed by atoms with Crippen molar-refractivity contribution in [1.29, 1.82) is 0 Å². The Labute approximate surface area is 245 Å². The van der Waals surface area contributed by atoms with Crippen LogP contribution in [0.15, 0.2) is 48.5 Å². The quantitative estimate of drug-likeness (QED) is 0.0995. The summed E-state index contributed by atoms with van der Waals surface area (Å²) in [6.45, 7) is 9.65. The highest BCUT2D eigenvalue weighted by molar-refractivity contribution is 14.1. The van der Waals surface area contributed by atoms with Crippen LogP contribution in [0.4, 0.5) is 11.4 Å². The molecule has 0 fully saturated rings. The Hall–Kier alpha value is -3.11. The number of nitrogens with zero attached hydrogens (tertiary/aromatic N) is 2. The van der Waals surface area contributed by atoms with Crippen molar-refractivity contribution < 1.29 is 14.7 Å². The van der Waals surface area contributed by atoms with Gasteiger partial charge in [0.15, 0.2) is 0 Å². The maximum atomic E-state index is 13.3. The third-order valence-electron chi connectivity index (χ3n) is 7.62. The molecule has 208 valence electrons. The van der Waals surface area contributed by atoms with E-state index in [-0.39, 0.29) is 18.2 Å². The van der Waals surface area contributed by atoms with Crippen LogP contribution in [0.1, 0.15) is 68.6 Å². The molecule has 0 bridgehead atoms. The van der Waals surface area contributed by atoms with E-state index in [1.807, 2.05) is 73.9 Å². The maximum Gasteiger partial charge on any atom is 0.304 e. The first-order valence-corrected chi connectivity index (χ1v) is 15.3. The number of hydrogen-bond acceptors (Lipinski definition) is 5. The molecular weight excluding hydrogens is 603 g/mol. The molecule has 1 aliphatic rings. The lowest BCUT2D eigenvalue weighted by molar-refractivity contribution is -0.137. The molecule has 39 heavy (non-hydrogen) atoms. The molecule has 0 aliphatic carbocycles. The Bertz CT molecular complexity index is 1360. The predicted molar refractivity (Wildman–Crippen MR) is 168 cm³/mol. The molecular formula is C31H39IN4O3. The van der Waals surface area contributed by atoms with E-state index in [4.69, 9.17) is 11.6 Å². The van der Waals surface area contributed by atoms with Crippen LogP contribution in [0.3, 0.4) is 0 Å². The number of benzene rings is 3. The number of nitrogen functional groups attached to an aromatic ring is 1. The van der Waals surface area contributed by atoms with Gasteiger partial charge in [-0.3, -0.25) is 9.59 Å². The van der Waals surface area contributed by atoms with E-state index in [2.05, 4.69) is 34.7 Å². The summed E-state index contributed by atoms with van der Waals surface area (Å²) in [5.41, 5.74) is 15.5. The molecule has 0 radical (unpaired) electrons. The fraction of sp³-hybridized carbons (Fsp3) is 0.355. The zero-order valence-corrected chi connectivity index (χ0v) is 25.6. The minimum atomic E-state index is -0.884. The summed E-state index contributed by atoms with van der Waals surface area (Å²) in [6.07, 6.45) is 0.698. The van der Waals surface area contributed by atoms with Crippen molar-refractivity contribution in [3.8, 4) is 0 Å². The molecule has 1 atom stereocenters. The summed E-state index contributed by atoms with van der Waals surface area (Å²) in [6, 6.07) is 15.8. The Morgan fingerprint density at radius 2 is 1.74 bits per heavy atom. The smallest absolute Gasteiger partial charge is 0.304 e. The van der Waals surface area contributed by atoms with Crippen molar-refractivity contribution in [3.05, 3.63) is 93.0 Å². The highest BCUT2D eigenvalue weighted by Gasteiger charge is 2.26. The third-order valence-corrected chi connectivity index (χ3v) is 7.62. The molecule has 5 N–H and O–H groups in total. The summed E-state index contributed by atoms with van der Waals surface area (Å²) in [5, 5.41) is 11.3. The average Bonchev–Trinajstić information content (AvgIpc) is 2.94. The number of carboxylic acids is 1. The summed E-state index contributed by atoms with van der Waals surface area (Å²) in [7, 11) is 0. The lowest BCUT2D eigenvalue weighted by Crippen LogP contribution is -2.36. The molecule has 7 nitrogen and oxygen atoms in total. The van der Waals surface area contributed by atoms with Crippen LogP contribution >= 0.6 is 22.6 Å². The van der Waals surface area contributed by atoms with Gasteiger partial charge in [-0.1, -0.05) is 52.9 Å². The number of amides is 1. The normalized spacial score (nSPS) is 13.2. The molecule has 4 rings (SSSR count). The molecule has 1 unspecified atom stereocenters. The molecule has 0 saturated heterocycles. The van der Waals surface area contributed by atoms with Crippen LogP contribution < -0.4 is 16.6 Å². The number of hydrogen-bond donors (Lipinski definition) is 3. The second kappa shape index (κ2) is 13.3. The first kappa shape index (κ1) is 30.4. The van der Waals surface area contributed by atoms with Gasteiger partial charge in [-0.05, 0) is 96.2 Å². The summed E-state index contributed by atoms with van der Waals surface area (Å²) in [5.74, 6) is 4.84. The molecule has 8 heteroatoms. The van der Waals surface area contributed by atoms with Gasteiger partial charge in [0.25, 0.3) is 5.91 Å². The monoisotopic (exact) mass is 642 g/mol. The lowest BCUT2D eigenvalue weighted by Gasteiger charge is -2.30. The van der Waals surface area contributed by atoms with Gasteiger partial charge in [0.05, 0.1) is 17.8 Å². The van der Waals surface area contributed by atoms with Crippen LogP contribution in [-0.2, 0) is 17.8 Å². The molecule has 1 aliphatic heterocycles. The van der Waals surface area contributed by atoms with Crippen LogP contribution in [-0.4, -0.2) is 39.9 Å². The van der Waals surface area contributed by atoms with Gasteiger partial charge in [-0.25, -0.2) is 5.84 Å². The number of aryl methyl sites for hydroxylation is 2. The number of alkyl halides is 1. The van der Waals surface area contributed by atoms with Gasteiger partial charge < -0.3 is 20.7 Å². The van der Waals surface area contributed by atoms with Gasteiger partial charge in [0.2, 0.25) is 0 Å². The average molecular weight is 643 g/mol. The number of anilines is 2. The van der Waals surface area contributed by atoms with Gasteiger partial charge in [0.1, 0.15) is 0 Å². The molecule has 0 aromatic heterocycles. The van der Waals surface area contributed by atoms with Gasteiger partial charge in [-0.15, -0.1) is 0 Å². The number of carboxylic acid groups (broad SMARTS) is 1. The second-order valence-corrected chi connectivity index (χ2v) is 9.95. The maximum absolute atomic E-state index is 13.3. The molecule has 1 heterocycles. The molecule has 3 aromatic carbocycles. The zero-order chi connectivity index (χ0) is 28.9. The first-order valence-electron chi connectivity index (χ1n) is 13.1. The minimum absolute atomic E-state index is 0.0164. The highest BCUT2D eigenvalue weighted by atomic mass is 127. The van der Waals surface area contributed by atoms with E-state index >= 15 is 0 Å². The van der Waals surface area contributed by atoms with E-state index in [0.717, 1.165) is 45.5 Å². The SMILES string of the molecule is CCN(N)c1ccc(C(CC(=O)O)c2ccc3c(c2)CN(C(=O)c2ccc(C)c(C)c2)CC3)c(C)c1N.CI. The van der Waals surface area contributed by atoms with Crippen LogP contribution in [0.5, 0.6) is 0 Å². The second-order valence-electron chi connectivity index (χ2n) is 9.95. The van der Waals surface area contributed by atoms with Crippen molar-refractivity contribution in [2.45, 2.75) is 53.0 Å². The van der Waals surface area contributed by atoms with Crippen molar-refractivity contribution in [2.24, 2.45) is 5.84 Å². The molecule has 0 spiro atoms. The lowest BCUT2D eigenvalue weighted by atomic mass is 9.83. The van der Waals surface area contributed by atoms with Crippen molar-refractivity contribution >= 4 is 45.8 Å².